The maximum Gasteiger partial charge on any atom is 0.439 e. The van der Waals surface area contributed by atoms with Crippen molar-refractivity contribution in [1.29, 1.82) is 0 Å². The summed E-state index contributed by atoms with van der Waals surface area (Å²) in [5.41, 5.74) is -3.06. The predicted octanol–water partition coefficient (Wildman–Crippen LogP) is 2.26. The molecular formula is C11H15F3N2O3. The largest absolute Gasteiger partial charge is 0.448 e. The molecule has 108 valence electrons. The Labute approximate surface area is 108 Å². The first-order chi connectivity index (χ1) is 8.82. The smallest absolute Gasteiger partial charge is 0.439 e. The molecule has 0 radical (unpaired) electrons. The number of hydrogen-bond acceptors (Lipinski definition) is 4. The Morgan fingerprint density at radius 2 is 2.26 bits per heavy atom. The maximum absolute atomic E-state index is 13.2. The fraction of sp³-hybridized carbons (Fsp3) is 0.818. The number of carbonyl (C=O) groups excluding carboxylic acids is 1. The van der Waals surface area contributed by atoms with Gasteiger partial charge in [0, 0.05) is 5.71 Å². The number of halogens is 3. The molecule has 0 aromatic heterocycles. The number of amides is 1. The van der Waals surface area contributed by atoms with Gasteiger partial charge < -0.3 is 9.84 Å². The summed E-state index contributed by atoms with van der Waals surface area (Å²) in [5.74, 6) is -1.19. The molecular weight excluding hydrogens is 265 g/mol. The highest BCUT2D eigenvalue weighted by atomic mass is 19.4. The molecule has 0 spiro atoms. The van der Waals surface area contributed by atoms with Gasteiger partial charge in [-0.25, -0.2) is 4.79 Å². The minimum absolute atomic E-state index is 0.0574. The molecule has 1 aliphatic heterocycles. The Balaban J connectivity index is 2.39. The van der Waals surface area contributed by atoms with Crippen molar-refractivity contribution in [2.24, 2.45) is 11.0 Å². The molecule has 1 amide bonds. The minimum atomic E-state index is -4.98. The molecule has 1 saturated carbocycles. The normalized spacial score (nSPS) is 30.9. The quantitative estimate of drug-likeness (QED) is 0.801. The summed E-state index contributed by atoms with van der Waals surface area (Å²) in [6.45, 7) is 1.39. The highest BCUT2D eigenvalue weighted by molar-refractivity contribution is 5.92. The van der Waals surface area contributed by atoms with E-state index in [4.69, 9.17) is 0 Å². The third kappa shape index (κ3) is 2.07. The summed E-state index contributed by atoms with van der Waals surface area (Å²) in [6.07, 6.45) is -4.46. The molecule has 0 aromatic rings. The summed E-state index contributed by atoms with van der Waals surface area (Å²) in [5, 5.41) is 13.8. The van der Waals surface area contributed by atoms with E-state index in [0.717, 1.165) is 0 Å². The zero-order valence-corrected chi connectivity index (χ0v) is 10.4. The SMILES string of the molecule is CCOC(=O)N1N=C2CCCC[C@@H]2[C@@]1(O)C(F)(F)F. The van der Waals surface area contributed by atoms with Gasteiger partial charge in [-0.3, -0.25) is 0 Å². The first-order valence-corrected chi connectivity index (χ1v) is 6.15. The molecule has 1 fully saturated rings. The van der Waals surface area contributed by atoms with Gasteiger partial charge in [-0.15, -0.1) is 0 Å². The Morgan fingerprint density at radius 3 is 2.84 bits per heavy atom. The maximum atomic E-state index is 13.2. The van der Waals surface area contributed by atoms with Crippen molar-refractivity contribution >= 4 is 11.8 Å². The van der Waals surface area contributed by atoms with Crippen LogP contribution in [0.15, 0.2) is 5.10 Å². The summed E-state index contributed by atoms with van der Waals surface area (Å²) < 4.78 is 44.1. The minimum Gasteiger partial charge on any atom is -0.448 e. The molecule has 0 saturated heterocycles. The Hall–Kier alpha value is -1.31. The van der Waals surface area contributed by atoms with Gasteiger partial charge in [0.2, 0.25) is 0 Å². The lowest BCUT2D eigenvalue weighted by Gasteiger charge is -2.37. The lowest BCUT2D eigenvalue weighted by atomic mass is 9.80. The summed E-state index contributed by atoms with van der Waals surface area (Å²) in [4.78, 5) is 11.6. The number of nitrogens with zero attached hydrogens (tertiary/aromatic N) is 2. The van der Waals surface area contributed by atoms with E-state index >= 15 is 0 Å². The van der Waals surface area contributed by atoms with Gasteiger partial charge in [0.1, 0.15) is 0 Å². The second-order valence-electron chi connectivity index (χ2n) is 4.62. The Morgan fingerprint density at radius 1 is 1.58 bits per heavy atom. The molecule has 2 atom stereocenters. The number of aliphatic hydroxyl groups is 1. The van der Waals surface area contributed by atoms with Crippen molar-refractivity contribution < 1.29 is 27.8 Å². The second-order valence-corrected chi connectivity index (χ2v) is 4.62. The van der Waals surface area contributed by atoms with Crippen molar-refractivity contribution in [3.05, 3.63) is 0 Å². The van der Waals surface area contributed by atoms with Crippen LogP contribution in [0.5, 0.6) is 0 Å². The lowest BCUT2D eigenvalue weighted by Crippen LogP contribution is -2.61. The van der Waals surface area contributed by atoms with Crippen LogP contribution in [0, 0.1) is 5.92 Å². The van der Waals surface area contributed by atoms with Crippen LogP contribution in [0.25, 0.3) is 0 Å². The molecule has 0 unspecified atom stereocenters. The molecule has 0 bridgehead atoms. The lowest BCUT2D eigenvalue weighted by molar-refractivity contribution is -0.315. The first-order valence-electron chi connectivity index (χ1n) is 6.15. The molecule has 1 aliphatic carbocycles. The summed E-state index contributed by atoms with van der Waals surface area (Å²) >= 11 is 0. The van der Waals surface area contributed by atoms with Crippen LogP contribution < -0.4 is 0 Å². The molecule has 1 heterocycles. The molecule has 8 heteroatoms. The van der Waals surface area contributed by atoms with Gasteiger partial charge in [0.15, 0.2) is 0 Å². The molecule has 1 N–H and O–H groups in total. The predicted molar refractivity (Wildman–Crippen MR) is 59.3 cm³/mol. The van der Waals surface area contributed by atoms with Crippen molar-refractivity contribution in [2.45, 2.75) is 44.5 Å². The van der Waals surface area contributed by atoms with E-state index in [0.29, 0.717) is 19.3 Å². The van der Waals surface area contributed by atoms with Crippen LogP contribution >= 0.6 is 0 Å². The third-order valence-electron chi connectivity index (χ3n) is 3.47. The van der Waals surface area contributed by atoms with Crippen LogP contribution in [0.4, 0.5) is 18.0 Å². The van der Waals surface area contributed by atoms with E-state index in [9.17, 15) is 23.1 Å². The first kappa shape index (κ1) is 14.1. The topological polar surface area (TPSA) is 62.1 Å². The van der Waals surface area contributed by atoms with Gasteiger partial charge in [-0.1, -0.05) is 6.42 Å². The third-order valence-corrected chi connectivity index (χ3v) is 3.47. The number of hydrogen-bond donors (Lipinski definition) is 1. The number of rotatable bonds is 1. The van der Waals surface area contributed by atoms with Gasteiger partial charge in [0.05, 0.1) is 12.5 Å². The van der Waals surface area contributed by atoms with Crippen LogP contribution in [-0.2, 0) is 4.74 Å². The van der Waals surface area contributed by atoms with E-state index in [-0.39, 0.29) is 23.7 Å². The molecule has 2 aliphatic rings. The zero-order chi connectivity index (χ0) is 14.3. The van der Waals surface area contributed by atoms with E-state index < -0.39 is 23.9 Å². The van der Waals surface area contributed by atoms with Gasteiger partial charge in [-0.05, 0) is 26.2 Å². The number of fused-ring (bicyclic) bond motifs is 1. The summed E-state index contributed by atoms with van der Waals surface area (Å²) in [7, 11) is 0. The standard InChI is InChI=1S/C11H15F3N2O3/c1-2-19-9(17)16-10(18,11(12,13)14)7-5-3-4-6-8(7)15-16/h7,18H,2-6H2,1H3/t7-,10+/m0/s1. The van der Waals surface area contributed by atoms with Crippen LogP contribution in [0.2, 0.25) is 0 Å². The van der Waals surface area contributed by atoms with Crippen molar-refractivity contribution in [1.82, 2.24) is 5.01 Å². The number of ether oxygens (including phenoxy) is 1. The van der Waals surface area contributed by atoms with Crippen molar-refractivity contribution in [2.75, 3.05) is 6.61 Å². The highest BCUT2D eigenvalue weighted by Gasteiger charge is 2.68. The van der Waals surface area contributed by atoms with Gasteiger partial charge >= 0.3 is 12.3 Å². The van der Waals surface area contributed by atoms with Crippen LogP contribution in [0.1, 0.15) is 32.6 Å². The van der Waals surface area contributed by atoms with Crippen molar-refractivity contribution in [3.63, 3.8) is 0 Å². The molecule has 5 nitrogen and oxygen atoms in total. The molecule has 2 rings (SSSR count). The van der Waals surface area contributed by atoms with Crippen molar-refractivity contribution in [3.8, 4) is 0 Å². The van der Waals surface area contributed by atoms with Gasteiger partial charge in [-0.2, -0.15) is 23.3 Å². The van der Waals surface area contributed by atoms with Crippen LogP contribution in [0.3, 0.4) is 0 Å². The highest BCUT2D eigenvalue weighted by Crippen LogP contribution is 2.48. The van der Waals surface area contributed by atoms with E-state index in [1.165, 1.54) is 6.92 Å². The van der Waals surface area contributed by atoms with Gasteiger partial charge in [0.25, 0.3) is 5.72 Å². The summed E-state index contributed by atoms with van der Waals surface area (Å²) in [6, 6.07) is 0. The van der Waals surface area contributed by atoms with E-state index in [1.54, 1.807) is 0 Å². The van der Waals surface area contributed by atoms with Crippen LogP contribution in [-0.4, -0.2) is 40.4 Å². The monoisotopic (exact) mass is 280 g/mol. The second kappa shape index (κ2) is 4.66. The molecule has 19 heavy (non-hydrogen) atoms. The zero-order valence-electron chi connectivity index (χ0n) is 10.4. The Kier molecular flexibility index (Phi) is 3.46. The van der Waals surface area contributed by atoms with E-state index in [2.05, 4.69) is 9.84 Å². The Bertz CT molecular complexity index is 410. The fourth-order valence-electron chi connectivity index (χ4n) is 2.58. The average molecular weight is 280 g/mol. The fourth-order valence-corrected chi connectivity index (χ4v) is 2.58. The number of carbonyl (C=O) groups is 1. The number of alkyl halides is 3. The molecule has 0 aromatic carbocycles. The van der Waals surface area contributed by atoms with E-state index in [1.807, 2.05) is 0 Å². The average Bonchev–Trinajstić information content (AvgIpc) is 2.65. The number of hydrazone groups is 1.